The Morgan fingerprint density at radius 3 is 1.94 bits per heavy atom. The molecule has 0 unspecified atom stereocenters. The lowest BCUT2D eigenvalue weighted by molar-refractivity contribution is -0.188. The summed E-state index contributed by atoms with van der Waals surface area (Å²) in [6.07, 6.45) is -3.14. The van der Waals surface area contributed by atoms with Gasteiger partial charge in [-0.3, -0.25) is 0 Å². The minimum absolute atomic E-state index is 0.144. The van der Waals surface area contributed by atoms with Crippen LogP contribution < -0.4 is 10.6 Å². The highest BCUT2D eigenvalue weighted by Gasteiger charge is 2.48. The van der Waals surface area contributed by atoms with Crippen LogP contribution in [-0.4, -0.2) is 35.0 Å². The van der Waals surface area contributed by atoms with Crippen molar-refractivity contribution in [3.05, 3.63) is 0 Å². The Labute approximate surface area is 104 Å². The van der Waals surface area contributed by atoms with Crippen LogP contribution in [0.4, 0.5) is 18.0 Å². The van der Waals surface area contributed by atoms with Crippen molar-refractivity contribution in [2.75, 3.05) is 0 Å². The maximum absolute atomic E-state index is 12.7. The fourth-order valence-electron chi connectivity index (χ4n) is 2.15. The Morgan fingerprint density at radius 2 is 1.56 bits per heavy atom. The van der Waals surface area contributed by atoms with E-state index in [1.165, 1.54) is 0 Å². The largest absolute Gasteiger partial charge is 0.465 e. The smallest absolute Gasteiger partial charge is 0.406 e. The van der Waals surface area contributed by atoms with Crippen molar-refractivity contribution in [3.8, 4) is 0 Å². The Bertz CT molecular complexity index is 297. The highest BCUT2D eigenvalue weighted by atomic mass is 19.4. The lowest BCUT2D eigenvalue weighted by atomic mass is 9.89. The highest BCUT2D eigenvalue weighted by molar-refractivity contribution is 5.64. The number of hydrogen-bond acceptors (Lipinski definition) is 2. The van der Waals surface area contributed by atoms with E-state index in [4.69, 9.17) is 5.11 Å². The van der Waals surface area contributed by atoms with Crippen molar-refractivity contribution in [2.24, 2.45) is 0 Å². The van der Waals surface area contributed by atoms with Gasteiger partial charge in [0.05, 0.1) is 0 Å². The summed E-state index contributed by atoms with van der Waals surface area (Å²) in [4.78, 5) is 10.4. The number of carbonyl (C=O) groups is 1. The molecule has 0 spiro atoms. The zero-order valence-electron chi connectivity index (χ0n) is 10.5. The minimum Gasteiger partial charge on any atom is -0.465 e. The molecule has 1 fully saturated rings. The Morgan fingerprint density at radius 1 is 1.11 bits per heavy atom. The zero-order chi connectivity index (χ0) is 14.0. The van der Waals surface area contributed by atoms with Gasteiger partial charge in [0.25, 0.3) is 0 Å². The predicted octanol–water partition coefficient (Wildman–Crippen LogP) is 2.50. The molecule has 18 heavy (non-hydrogen) atoms. The molecule has 1 aliphatic carbocycles. The molecule has 0 radical (unpaired) electrons. The Hall–Kier alpha value is -0.980. The molecule has 1 aliphatic rings. The van der Waals surface area contributed by atoms with E-state index in [1.54, 1.807) is 0 Å². The van der Waals surface area contributed by atoms with Crippen molar-refractivity contribution < 1.29 is 23.1 Å². The molecule has 7 heteroatoms. The van der Waals surface area contributed by atoms with Gasteiger partial charge < -0.3 is 15.7 Å². The van der Waals surface area contributed by atoms with Gasteiger partial charge >= 0.3 is 12.3 Å². The number of carboxylic acid groups (broad SMARTS) is 1. The summed E-state index contributed by atoms with van der Waals surface area (Å²) in [6, 6.07) is -0.358. The van der Waals surface area contributed by atoms with E-state index in [2.05, 4.69) is 10.6 Å². The first-order valence-corrected chi connectivity index (χ1v) is 5.96. The second kappa shape index (κ2) is 5.34. The molecule has 0 aliphatic heterocycles. The molecule has 0 aromatic carbocycles. The molecule has 3 N–H and O–H groups in total. The minimum atomic E-state index is -4.29. The fraction of sp³-hybridized carbons (Fsp3) is 0.909. The molecule has 0 atom stereocenters. The van der Waals surface area contributed by atoms with Crippen molar-refractivity contribution in [1.29, 1.82) is 0 Å². The van der Waals surface area contributed by atoms with E-state index in [-0.39, 0.29) is 12.1 Å². The van der Waals surface area contributed by atoms with Gasteiger partial charge in [-0.05, 0) is 39.5 Å². The van der Waals surface area contributed by atoms with Gasteiger partial charge in [0.15, 0.2) is 0 Å². The molecule has 0 heterocycles. The van der Waals surface area contributed by atoms with Gasteiger partial charge in [0.2, 0.25) is 0 Å². The standard InChI is InChI=1S/C11H19F3N2O2/c1-10(2,11(12,13)14)16-8-5-3-7(4-6-8)15-9(17)18/h7-8,15-16H,3-6H2,1-2H3,(H,17,18)/t7-,8+. The summed E-state index contributed by atoms with van der Waals surface area (Å²) in [6.45, 7) is 2.24. The van der Waals surface area contributed by atoms with E-state index < -0.39 is 17.8 Å². The topological polar surface area (TPSA) is 61.4 Å². The van der Waals surface area contributed by atoms with Crippen molar-refractivity contribution in [3.63, 3.8) is 0 Å². The lowest BCUT2D eigenvalue weighted by Crippen LogP contribution is -2.57. The van der Waals surface area contributed by atoms with Gasteiger partial charge in [-0.25, -0.2) is 4.79 Å². The van der Waals surface area contributed by atoms with Crippen LogP contribution in [0, 0.1) is 0 Å². The monoisotopic (exact) mass is 268 g/mol. The molecule has 106 valence electrons. The molecular formula is C11H19F3N2O2. The third-order valence-corrected chi connectivity index (χ3v) is 3.33. The highest BCUT2D eigenvalue weighted by Crippen LogP contribution is 2.31. The third kappa shape index (κ3) is 4.04. The van der Waals surface area contributed by atoms with Crippen molar-refractivity contribution in [2.45, 2.75) is 63.3 Å². The SMILES string of the molecule is CC(C)(N[C@H]1CC[C@@H](NC(=O)O)CC1)C(F)(F)F. The van der Waals surface area contributed by atoms with Gasteiger partial charge in [0.1, 0.15) is 5.54 Å². The van der Waals surface area contributed by atoms with Crippen LogP contribution in [0.5, 0.6) is 0 Å². The van der Waals surface area contributed by atoms with Crippen LogP contribution in [0.25, 0.3) is 0 Å². The average Bonchev–Trinajstić information content (AvgIpc) is 2.18. The van der Waals surface area contributed by atoms with Gasteiger partial charge in [-0.15, -0.1) is 0 Å². The first-order chi connectivity index (χ1) is 8.12. The van der Waals surface area contributed by atoms with E-state index in [1.807, 2.05) is 0 Å². The number of hydrogen-bond donors (Lipinski definition) is 3. The third-order valence-electron chi connectivity index (χ3n) is 3.33. The summed E-state index contributed by atoms with van der Waals surface area (Å²) in [5, 5.41) is 13.5. The van der Waals surface area contributed by atoms with Gasteiger partial charge in [-0.1, -0.05) is 0 Å². The Balaban J connectivity index is 2.42. The van der Waals surface area contributed by atoms with Crippen LogP contribution >= 0.6 is 0 Å². The number of halogens is 3. The maximum Gasteiger partial charge on any atom is 0.406 e. The van der Waals surface area contributed by atoms with Crippen LogP contribution in [0.3, 0.4) is 0 Å². The summed E-state index contributed by atoms with van der Waals surface area (Å²) in [5.74, 6) is 0. The molecule has 1 saturated carbocycles. The van der Waals surface area contributed by atoms with Crippen molar-refractivity contribution >= 4 is 6.09 Å². The molecule has 0 aromatic heterocycles. The van der Waals surface area contributed by atoms with Crippen molar-refractivity contribution in [1.82, 2.24) is 10.6 Å². The lowest BCUT2D eigenvalue weighted by Gasteiger charge is -2.37. The second-order valence-electron chi connectivity index (χ2n) is 5.27. The summed E-state index contributed by atoms with van der Waals surface area (Å²) in [7, 11) is 0. The molecular weight excluding hydrogens is 249 g/mol. The molecule has 1 rings (SSSR count). The molecule has 4 nitrogen and oxygen atoms in total. The van der Waals surface area contributed by atoms with Crippen LogP contribution in [0.1, 0.15) is 39.5 Å². The average molecular weight is 268 g/mol. The fourth-order valence-corrected chi connectivity index (χ4v) is 2.15. The zero-order valence-corrected chi connectivity index (χ0v) is 10.5. The normalized spacial score (nSPS) is 25.8. The molecule has 0 aromatic rings. The van der Waals surface area contributed by atoms with Crippen LogP contribution in [0.15, 0.2) is 0 Å². The number of amides is 1. The summed E-state index contributed by atoms with van der Waals surface area (Å²) >= 11 is 0. The second-order valence-corrected chi connectivity index (χ2v) is 5.27. The summed E-state index contributed by atoms with van der Waals surface area (Å²) < 4.78 is 38.1. The van der Waals surface area contributed by atoms with Crippen LogP contribution in [-0.2, 0) is 0 Å². The number of alkyl halides is 3. The quantitative estimate of drug-likeness (QED) is 0.737. The van der Waals surface area contributed by atoms with E-state index in [0.717, 1.165) is 13.8 Å². The van der Waals surface area contributed by atoms with Crippen LogP contribution in [0.2, 0.25) is 0 Å². The number of nitrogens with one attached hydrogen (secondary N) is 2. The van der Waals surface area contributed by atoms with E-state index >= 15 is 0 Å². The van der Waals surface area contributed by atoms with Gasteiger partial charge in [-0.2, -0.15) is 13.2 Å². The molecule has 0 bridgehead atoms. The van der Waals surface area contributed by atoms with E-state index in [9.17, 15) is 18.0 Å². The number of rotatable bonds is 3. The molecule has 0 saturated heterocycles. The Kier molecular flexibility index (Phi) is 4.47. The summed E-state index contributed by atoms with van der Waals surface area (Å²) in [5.41, 5.74) is -1.91. The first-order valence-electron chi connectivity index (χ1n) is 5.96. The van der Waals surface area contributed by atoms with E-state index in [0.29, 0.717) is 25.7 Å². The maximum atomic E-state index is 12.7. The van der Waals surface area contributed by atoms with Gasteiger partial charge in [0, 0.05) is 12.1 Å². The first kappa shape index (κ1) is 15.1. The molecule has 1 amide bonds. The predicted molar refractivity (Wildman–Crippen MR) is 60.5 cm³/mol.